The summed E-state index contributed by atoms with van der Waals surface area (Å²) in [7, 11) is 0. The molecule has 1 aliphatic heterocycles. The molecule has 0 aliphatic carbocycles. The lowest BCUT2D eigenvalue weighted by Gasteiger charge is -2.33. The molecule has 1 N–H and O–H groups in total. The van der Waals surface area contributed by atoms with Crippen molar-refractivity contribution in [1.82, 2.24) is 4.90 Å². The molecule has 142 valence electrons. The molecule has 0 radical (unpaired) electrons. The van der Waals surface area contributed by atoms with E-state index in [0.29, 0.717) is 19.7 Å². The molecule has 0 unspecified atom stereocenters. The molecule has 1 heterocycles. The summed E-state index contributed by atoms with van der Waals surface area (Å²) in [6.07, 6.45) is 0.0644. The Morgan fingerprint density at radius 3 is 2.61 bits per heavy atom. The number of morpholine rings is 1. The largest absolute Gasteiger partial charge is 0.463 e. The van der Waals surface area contributed by atoms with Crippen LogP contribution >= 0.6 is 0 Å². The Hall–Kier alpha value is -3.18. The number of esters is 1. The Labute approximate surface area is 163 Å². The molecule has 1 atom stereocenters. The van der Waals surface area contributed by atoms with Crippen molar-refractivity contribution in [3.05, 3.63) is 78.4 Å². The zero-order chi connectivity index (χ0) is 19.3. The van der Waals surface area contributed by atoms with E-state index in [2.05, 4.69) is 5.32 Å². The van der Waals surface area contributed by atoms with Gasteiger partial charge in [-0.25, -0.2) is 0 Å². The highest BCUT2D eigenvalue weighted by Gasteiger charge is 2.33. The highest BCUT2D eigenvalue weighted by Crippen LogP contribution is 2.24. The fourth-order valence-corrected chi connectivity index (χ4v) is 3.60. The second-order valence-electron chi connectivity index (χ2n) is 6.92. The van der Waals surface area contributed by atoms with Gasteiger partial charge in [0.15, 0.2) is 0 Å². The van der Waals surface area contributed by atoms with Crippen molar-refractivity contribution in [2.24, 2.45) is 0 Å². The number of ether oxygens (including phenoxy) is 1. The topological polar surface area (TPSA) is 58.6 Å². The van der Waals surface area contributed by atoms with Crippen LogP contribution in [0.4, 0.5) is 5.69 Å². The fourth-order valence-electron chi connectivity index (χ4n) is 3.60. The van der Waals surface area contributed by atoms with Crippen molar-refractivity contribution in [2.75, 3.05) is 18.5 Å². The van der Waals surface area contributed by atoms with E-state index < -0.39 is 6.04 Å². The molecule has 4 rings (SSSR count). The molecule has 3 aromatic carbocycles. The van der Waals surface area contributed by atoms with Crippen molar-refractivity contribution < 1.29 is 14.3 Å². The number of carbonyl (C=O) groups excluding carboxylic acids is 2. The summed E-state index contributed by atoms with van der Waals surface area (Å²) >= 11 is 0. The third-order valence-electron chi connectivity index (χ3n) is 5.01. The number of nitrogens with zero attached hydrogens (tertiary/aromatic N) is 1. The van der Waals surface area contributed by atoms with Gasteiger partial charge in [0.05, 0.1) is 6.42 Å². The number of amides is 1. The summed E-state index contributed by atoms with van der Waals surface area (Å²) in [6, 6.07) is 23.0. The minimum Gasteiger partial charge on any atom is -0.463 e. The van der Waals surface area contributed by atoms with E-state index in [1.165, 1.54) is 0 Å². The predicted octanol–water partition coefficient (Wildman–Crippen LogP) is 3.60. The number of hydrogen-bond acceptors (Lipinski definition) is 4. The maximum Gasteiger partial charge on any atom is 0.323 e. The molecule has 0 saturated carbocycles. The number of nitrogens with one attached hydrogen (secondary N) is 1. The van der Waals surface area contributed by atoms with Crippen LogP contribution in [0.1, 0.15) is 12.0 Å². The first-order chi connectivity index (χ1) is 13.7. The first-order valence-corrected chi connectivity index (χ1v) is 9.43. The summed E-state index contributed by atoms with van der Waals surface area (Å²) in [5, 5.41) is 5.00. The number of carbonyl (C=O) groups is 2. The second kappa shape index (κ2) is 8.23. The van der Waals surface area contributed by atoms with Crippen LogP contribution in [-0.2, 0) is 20.9 Å². The number of rotatable bonds is 5. The second-order valence-corrected chi connectivity index (χ2v) is 6.92. The van der Waals surface area contributed by atoms with E-state index in [9.17, 15) is 9.59 Å². The van der Waals surface area contributed by atoms with E-state index in [0.717, 1.165) is 22.0 Å². The Morgan fingerprint density at radius 2 is 1.75 bits per heavy atom. The quantitative estimate of drug-likeness (QED) is 0.694. The van der Waals surface area contributed by atoms with Gasteiger partial charge >= 0.3 is 5.97 Å². The number of hydrogen-bond donors (Lipinski definition) is 1. The molecule has 1 amide bonds. The van der Waals surface area contributed by atoms with Crippen LogP contribution in [0.2, 0.25) is 0 Å². The number of benzene rings is 3. The lowest BCUT2D eigenvalue weighted by molar-refractivity contribution is -0.159. The van der Waals surface area contributed by atoms with E-state index in [4.69, 9.17) is 4.74 Å². The lowest BCUT2D eigenvalue weighted by Crippen LogP contribution is -2.49. The molecule has 28 heavy (non-hydrogen) atoms. The molecule has 0 spiro atoms. The van der Waals surface area contributed by atoms with Crippen molar-refractivity contribution >= 4 is 28.3 Å². The first kappa shape index (κ1) is 18.2. The zero-order valence-electron chi connectivity index (χ0n) is 15.5. The summed E-state index contributed by atoms with van der Waals surface area (Å²) < 4.78 is 5.22. The maximum absolute atomic E-state index is 12.7. The minimum absolute atomic E-state index is 0.0644. The molecular weight excluding hydrogens is 352 g/mol. The molecule has 1 aliphatic rings. The monoisotopic (exact) mass is 374 g/mol. The Morgan fingerprint density at radius 1 is 1.00 bits per heavy atom. The highest BCUT2D eigenvalue weighted by molar-refractivity contribution is 6.03. The van der Waals surface area contributed by atoms with E-state index in [-0.39, 0.29) is 18.3 Å². The van der Waals surface area contributed by atoms with Crippen LogP contribution in [0.3, 0.4) is 0 Å². The van der Waals surface area contributed by atoms with Gasteiger partial charge in [0.2, 0.25) is 5.91 Å². The summed E-state index contributed by atoms with van der Waals surface area (Å²) in [5.41, 5.74) is 1.86. The minimum atomic E-state index is -0.580. The maximum atomic E-state index is 12.7. The SMILES string of the molecule is O=C(C[C@@H]1C(=O)OCCN1Cc1ccccc1)Nc1cccc2ccccc12. The lowest BCUT2D eigenvalue weighted by atomic mass is 10.1. The van der Waals surface area contributed by atoms with Crippen LogP contribution in [0.15, 0.2) is 72.8 Å². The number of fused-ring (bicyclic) bond motifs is 1. The van der Waals surface area contributed by atoms with Crippen LogP contribution in [0, 0.1) is 0 Å². The molecule has 1 saturated heterocycles. The van der Waals surface area contributed by atoms with Crippen molar-refractivity contribution in [2.45, 2.75) is 19.0 Å². The Balaban J connectivity index is 1.48. The summed E-state index contributed by atoms with van der Waals surface area (Å²) in [5.74, 6) is -0.534. The van der Waals surface area contributed by atoms with E-state index in [1.54, 1.807) is 0 Å². The van der Waals surface area contributed by atoms with Crippen molar-refractivity contribution in [3.8, 4) is 0 Å². The Bertz CT molecular complexity index is 982. The van der Waals surface area contributed by atoms with Crippen molar-refractivity contribution in [3.63, 3.8) is 0 Å². The van der Waals surface area contributed by atoms with Gasteiger partial charge in [0.25, 0.3) is 0 Å². The fraction of sp³-hybridized carbons (Fsp3) is 0.217. The molecule has 0 bridgehead atoms. The van der Waals surface area contributed by atoms with Gasteiger partial charge in [0, 0.05) is 24.2 Å². The smallest absolute Gasteiger partial charge is 0.323 e. The molecule has 5 heteroatoms. The van der Waals surface area contributed by atoms with Crippen LogP contribution < -0.4 is 5.32 Å². The molecule has 5 nitrogen and oxygen atoms in total. The van der Waals surface area contributed by atoms with E-state index >= 15 is 0 Å². The number of cyclic esters (lactones) is 1. The van der Waals surface area contributed by atoms with Gasteiger partial charge in [-0.05, 0) is 17.0 Å². The summed E-state index contributed by atoms with van der Waals surface area (Å²) in [4.78, 5) is 27.1. The number of anilines is 1. The van der Waals surface area contributed by atoms with Crippen LogP contribution in [-0.4, -0.2) is 36.0 Å². The Kier molecular flexibility index (Phi) is 5.35. The summed E-state index contributed by atoms with van der Waals surface area (Å²) in [6.45, 7) is 1.59. The van der Waals surface area contributed by atoms with Crippen molar-refractivity contribution in [1.29, 1.82) is 0 Å². The molecule has 3 aromatic rings. The third kappa shape index (κ3) is 4.05. The average molecular weight is 374 g/mol. The van der Waals surface area contributed by atoms with Crippen LogP contribution in [0.25, 0.3) is 10.8 Å². The van der Waals surface area contributed by atoms with E-state index in [1.807, 2.05) is 77.7 Å². The highest BCUT2D eigenvalue weighted by atomic mass is 16.5. The molecule has 1 fully saturated rings. The van der Waals surface area contributed by atoms with Gasteiger partial charge < -0.3 is 10.1 Å². The van der Waals surface area contributed by atoms with Gasteiger partial charge in [-0.2, -0.15) is 0 Å². The van der Waals surface area contributed by atoms with Gasteiger partial charge in [0.1, 0.15) is 12.6 Å². The molecular formula is C23H22N2O3. The van der Waals surface area contributed by atoms with Gasteiger partial charge in [-0.1, -0.05) is 66.7 Å². The zero-order valence-corrected chi connectivity index (χ0v) is 15.5. The normalized spacial score (nSPS) is 17.3. The van der Waals surface area contributed by atoms with Gasteiger partial charge in [-0.3, -0.25) is 14.5 Å². The standard InChI is InChI=1S/C23H22N2O3/c26-22(24-20-12-6-10-18-9-4-5-11-19(18)20)15-21-23(27)28-14-13-25(21)16-17-7-2-1-3-8-17/h1-12,21H,13-16H2,(H,24,26)/t21-/m1/s1. The predicted molar refractivity (Wildman–Crippen MR) is 109 cm³/mol. The third-order valence-corrected chi connectivity index (χ3v) is 5.01. The van der Waals surface area contributed by atoms with Crippen LogP contribution in [0.5, 0.6) is 0 Å². The average Bonchev–Trinajstić information content (AvgIpc) is 2.72. The molecule has 0 aromatic heterocycles. The van der Waals surface area contributed by atoms with Gasteiger partial charge in [-0.15, -0.1) is 0 Å². The first-order valence-electron chi connectivity index (χ1n) is 9.43.